The second-order valence-electron chi connectivity index (χ2n) is 6.31. The van der Waals surface area contributed by atoms with E-state index in [1.807, 2.05) is 27.7 Å². The van der Waals surface area contributed by atoms with Crippen molar-refractivity contribution in [2.45, 2.75) is 70.7 Å². The molecule has 2 amide bonds. The molecule has 2 rings (SSSR count). The van der Waals surface area contributed by atoms with Crippen LogP contribution in [0.5, 0.6) is 0 Å². The summed E-state index contributed by atoms with van der Waals surface area (Å²) >= 11 is 7.07. The van der Waals surface area contributed by atoms with Crippen molar-refractivity contribution in [3.63, 3.8) is 0 Å². The molecule has 0 aromatic heterocycles. The first-order valence-corrected chi connectivity index (χ1v) is 11.4. The topological polar surface area (TPSA) is 54.5 Å². The largest absolute Gasteiger partial charge is 0.412 e. The molecule has 0 N–H and O–H groups in total. The highest BCUT2D eigenvalue weighted by Gasteiger charge is 2.34. The Morgan fingerprint density at radius 3 is 2.09 bits per heavy atom. The predicted octanol–water partition coefficient (Wildman–Crippen LogP) is 6.99. The molecule has 1 saturated carbocycles. The number of thioether (sulfide) groups is 1. The molecule has 4 nitrogen and oxygen atoms in total. The van der Waals surface area contributed by atoms with Gasteiger partial charge < -0.3 is 4.79 Å². The summed E-state index contributed by atoms with van der Waals surface area (Å²) in [4.78, 5) is 35.9. The van der Waals surface area contributed by atoms with Gasteiger partial charge in [-0.2, -0.15) is 13.2 Å². The van der Waals surface area contributed by atoms with Gasteiger partial charge in [0.15, 0.2) is 0 Å². The van der Waals surface area contributed by atoms with Crippen molar-refractivity contribution in [1.29, 1.82) is 0 Å². The van der Waals surface area contributed by atoms with Crippen molar-refractivity contribution < 1.29 is 31.9 Å². The second kappa shape index (κ2) is 13.6. The second-order valence-corrected chi connectivity index (χ2v) is 7.93. The lowest BCUT2D eigenvalue weighted by Crippen LogP contribution is -2.35. The van der Waals surface area contributed by atoms with Crippen molar-refractivity contribution in [2.24, 2.45) is 5.92 Å². The normalized spacial score (nSPS) is 14.3. The Morgan fingerprint density at radius 2 is 1.69 bits per heavy atom. The highest BCUT2D eigenvalue weighted by atomic mass is 35.5. The Bertz CT molecular complexity index is 839. The van der Waals surface area contributed by atoms with Gasteiger partial charge in [0.25, 0.3) is 5.91 Å². The number of carbonyl (C=O) groups excluding carboxylic acids is 3. The van der Waals surface area contributed by atoms with E-state index in [1.54, 1.807) is 0 Å². The third kappa shape index (κ3) is 8.58. The summed E-state index contributed by atoms with van der Waals surface area (Å²) in [6.45, 7) is 9.59. The number of hydrogen-bond donors (Lipinski definition) is 0. The lowest BCUT2D eigenvalue weighted by molar-refractivity contribution is -0.123. The summed E-state index contributed by atoms with van der Waals surface area (Å²) in [5.74, 6) is -3.20. The van der Waals surface area contributed by atoms with Crippen LogP contribution in [0.4, 0.5) is 23.2 Å². The molecule has 32 heavy (non-hydrogen) atoms. The number of hydrogen-bond acceptors (Lipinski definition) is 4. The lowest BCUT2D eigenvalue weighted by atomic mass is 10.2. The molecule has 1 unspecified atom stereocenters. The average molecular weight is 498 g/mol. The third-order valence-electron chi connectivity index (χ3n) is 4.05. The first-order valence-electron chi connectivity index (χ1n) is 10.2. The zero-order chi connectivity index (χ0) is 25.2. The standard InChI is InChI=1S/C18H16ClF4NO3S.2C2H6/c1-9(18(21,22)23)5-17(27)24(10(2)26)14-7-15(12(19)6-13(14)20)28-16(8-25)11-3-4-11;2*1-2/h5-8,11,16H,3-4H2,1-2H3;2*1-2H3/b9-5+;;. The van der Waals surface area contributed by atoms with Gasteiger partial charge in [0.2, 0.25) is 5.91 Å². The smallest absolute Gasteiger partial charge is 0.302 e. The van der Waals surface area contributed by atoms with E-state index in [0.29, 0.717) is 11.8 Å². The number of carbonyl (C=O) groups is 3. The van der Waals surface area contributed by atoms with Gasteiger partial charge in [0.05, 0.1) is 16.0 Å². The molecular formula is C22H28ClF4NO3S. The van der Waals surface area contributed by atoms with Gasteiger partial charge in [0, 0.05) is 23.5 Å². The third-order valence-corrected chi connectivity index (χ3v) is 5.83. The first kappa shape index (κ1) is 30.1. The number of amides is 2. The molecule has 1 aliphatic carbocycles. The van der Waals surface area contributed by atoms with Crippen LogP contribution in [0, 0.1) is 11.7 Å². The first-order chi connectivity index (χ1) is 15.0. The van der Waals surface area contributed by atoms with Crippen LogP contribution >= 0.6 is 23.4 Å². The molecule has 0 heterocycles. The van der Waals surface area contributed by atoms with Gasteiger partial charge in [-0.25, -0.2) is 9.29 Å². The fourth-order valence-electron chi connectivity index (χ4n) is 2.36. The van der Waals surface area contributed by atoms with Gasteiger partial charge in [0.1, 0.15) is 12.1 Å². The van der Waals surface area contributed by atoms with E-state index in [2.05, 4.69) is 0 Å². The van der Waals surface area contributed by atoms with E-state index < -0.39 is 40.3 Å². The minimum atomic E-state index is -4.76. The molecule has 1 atom stereocenters. The molecule has 1 aromatic rings. The Kier molecular flexibility index (Phi) is 12.8. The van der Waals surface area contributed by atoms with E-state index >= 15 is 0 Å². The maximum atomic E-state index is 14.4. The average Bonchev–Trinajstić information content (AvgIpc) is 3.56. The van der Waals surface area contributed by atoms with Crippen LogP contribution in [0.2, 0.25) is 5.02 Å². The summed E-state index contributed by atoms with van der Waals surface area (Å²) < 4.78 is 52.5. The highest BCUT2D eigenvalue weighted by molar-refractivity contribution is 8.00. The zero-order valence-corrected chi connectivity index (χ0v) is 20.4. The van der Waals surface area contributed by atoms with E-state index in [9.17, 15) is 31.9 Å². The van der Waals surface area contributed by atoms with Crippen LogP contribution in [-0.2, 0) is 14.4 Å². The van der Waals surface area contributed by atoms with Gasteiger partial charge in [-0.05, 0) is 37.8 Å². The molecule has 1 aromatic carbocycles. The maximum Gasteiger partial charge on any atom is 0.412 e. The number of aldehydes is 1. The zero-order valence-electron chi connectivity index (χ0n) is 18.8. The summed E-state index contributed by atoms with van der Waals surface area (Å²) in [7, 11) is 0. The van der Waals surface area contributed by atoms with Gasteiger partial charge in [-0.3, -0.25) is 9.59 Å². The number of alkyl halides is 3. The minimum absolute atomic E-state index is 0.0308. The lowest BCUT2D eigenvalue weighted by Gasteiger charge is -2.21. The van der Waals surface area contributed by atoms with Crippen LogP contribution in [-0.4, -0.2) is 29.5 Å². The summed E-state index contributed by atoms with van der Waals surface area (Å²) in [6, 6.07) is 1.95. The summed E-state index contributed by atoms with van der Waals surface area (Å²) in [5, 5.41) is -0.457. The molecule has 180 valence electrons. The number of allylic oxidation sites excluding steroid dienone is 1. The van der Waals surface area contributed by atoms with E-state index in [4.69, 9.17) is 11.6 Å². The number of nitrogens with zero attached hydrogens (tertiary/aromatic N) is 1. The molecule has 0 aliphatic heterocycles. The molecule has 1 fully saturated rings. The fraction of sp³-hybridized carbons (Fsp3) is 0.500. The van der Waals surface area contributed by atoms with Gasteiger partial charge in [-0.1, -0.05) is 39.3 Å². The van der Waals surface area contributed by atoms with Crippen molar-refractivity contribution in [1.82, 2.24) is 0 Å². The summed E-state index contributed by atoms with van der Waals surface area (Å²) in [5.41, 5.74) is -1.77. The molecule has 0 spiro atoms. The van der Waals surface area contributed by atoms with Crippen LogP contribution in [0.25, 0.3) is 0 Å². The number of rotatable bonds is 6. The van der Waals surface area contributed by atoms with E-state index in [1.165, 1.54) is 0 Å². The number of anilines is 1. The number of halogens is 5. The van der Waals surface area contributed by atoms with Crippen molar-refractivity contribution in [3.05, 3.63) is 34.6 Å². The van der Waals surface area contributed by atoms with Crippen LogP contribution in [0.3, 0.4) is 0 Å². The molecule has 10 heteroatoms. The van der Waals surface area contributed by atoms with E-state index in [0.717, 1.165) is 49.9 Å². The minimum Gasteiger partial charge on any atom is -0.302 e. The molecular weight excluding hydrogens is 470 g/mol. The predicted molar refractivity (Wildman–Crippen MR) is 121 cm³/mol. The Labute approximate surface area is 195 Å². The van der Waals surface area contributed by atoms with Gasteiger partial charge >= 0.3 is 6.18 Å². The monoisotopic (exact) mass is 497 g/mol. The van der Waals surface area contributed by atoms with E-state index in [-0.39, 0.29) is 21.9 Å². The van der Waals surface area contributed by atoms with Crippen molar-refractivity contribution >= 4 is 47.2 Å². The van der Waals surface area contributed by atoms with Crippen LogP contribution in [0.1, 0.15) is 54.4 Å². The molecule has 0 bridgehead atoms. The number of imide groups is 1. The Morgan fingerprint density at radius 1 is 1.16 bits per heavy atom. The highest BCUT2D eigenvalue weighted by Crippen LogP contribution is 2.43. The molecule has 0 saturated heterocycles. The maximum absolute atomic E-state index is 14.4. The quantitative estimate of drug-likeness (QED) is 0.184. The SMILES string of the molecule is CC.CC.CC(=O)N(C(=O)/C=C(\C)C(F)(F)F)c1cc(SC(C=O)C2CC2)c(Cl)cc1F. The van der Waals surface area contributed by atoms with Crippen molar-refractivity contribution in [2.75, 3.05) is 4.90 Å². The van der Waals surface area contributed by atoms with Crippen LogP contribution in [0.15, 0.2) is 28.7 Å². The Hall–Kier alpha value is -1.87. The summed E-state index contributed by atoms with van der Waals surface area (Å²) in [6.07, 6.45) is -2.08. The van der Waals surface area contributed by atoms with Crippen LogP contribution < -0.4 is 4.90 Å². The van der Waals surface area contributed by atoms with Gasteiger partial charge in [-0.15, -0.1) is 11.8 Å². The molecule has 1 aliphatic rings. The van der Waals surface area contributed by atoms with Crippen molar-refractivity contribution in [3.8, 4) is 0 Å². The number of benzene rings is 1. The molecule has 0 radical (unpaired) electrons. The fourth-order valence-corrected chi connectivity index (χ4v) is 3.81. The Balaban J connectivity index is 0.00000227.